The number of ether oxygens (including phenoxy) is 4. The van der Waals surface area contributed by atoms with E-state index in [9.17, 15) is 4.79 Å². The molecule has 4 aromatic rings. The van der Waals surface area contributed by atoms with Gasteiger partial charge in [-0.3, -0.25) is 4.79 Å². The molecular weight excluding hydrogens is 418 g/mol. The van der Waals surface area contributed by atoms with Crippen molar-refractivity contribution in [1.29, 1.82) is 0 Å². The summed E-state index contributed by atoms with van der Waals surface area (Å²) in [6.07, 6.45) is 0. The molecule has 31 heavy (non-hydrogen) atoms. The van der Waals surface area contributed by atoms with Crippen LogP contribution in [0.25, 0.3) is 21.1 Å². The van der Waals surface area contributed by atoms with Crippen molar-refractivity contribution < 1.29 is 23.7 Å². The predicted molar refractivity (Wildman–Crippen MR) is 120 cm³/mol. The van der Waals surface area contributed by atoms with E-state index in [-0.39, 0.29) is 5.91 Å². The SMILES string of the molecule is COc1ccc(NC(=O)c2sc3nc4cc5c(cc4cc3c2N)OCCO5)c(OC)c1. The maximum atomic E-state index is 13.0. The summed E-state index contributed by atoms with van der Waals surface area (Å²) in [6, 6.07) is 10.8. The van der Waals surface area contributed by atoms with Crippen LogP contribution in [0.15, 0.2) is 36.4 Å². The Kier molecular flexibility index (Phi) is 4.67. The van der Waals surface area contributed by atoms with Gasteiger partial charge < -0.3 is 30.0 Å². The first-order valence-corrected chi connectivity index (χ1v) is 10.3. The Balaban J connectivity index is 1.53. The Morgan fingerprint density at radius 1 is 1.10 bits per heavy atom. The average molecular weight is 437 g/mol. The van der Waals surface area contributed by atoms with Crippen molar-refractivity contribution in [2.75, 3.05) is 38.5 Å². The molecule has 0 saturated carbocycles. The van der Waals surface area contributed by atoms with Gasteiger partial charge in [0.25, 0.3) is 5.91 Å². The fourth-order valence-electron chi connectivity index (χ4n) is 3.49. The molecule has 2 aromatic carbocycles. The summed E-state index contributed by atoms with van der Waals surface area (Å²) in [5.74, 6) is 2.13. The van der Waals surface area contributed by atoms with E-state index in [0.29, 0.717) is 57.3 Å². The van der Waals surface area contributed by atoms with E-state index < -0.39 is 0 Å². The first-order valence-electron chi connectivity index (χ1n) is 9.53. The van der Waals surface area contributed by atoms with Crippen molar-refractivity contribution in [2.24, 2.45) is 0 Å². The van der Waals surface area contributed by atoms with Gasteiger partial charge in [-0.1, -0.05) is 0 Å². The Labute approximate surface area is 181 Å². The van der Waals surface area contributed by atoms with E-state index in [1.54, 1.807) is 25.3 Å². The van der Waals surface area contributed by atoms with Crippen LogP contribution >= 0.6 is 11.3 Å². The second-order valence-electron chi connectivity index (χ2n) is 6.89. The highest BCUT2D eigenvalue weighted by molar-refractivity contribution is 7.21. The number of anilines is 2. The summed E-state index contributed by atoms with van der Waals surface area (Å²) >= 11 is 1.24. The van der Waals surface area contributed by atoms with Crippen LogP contribution in [0.5, 0.6) is 23.0 Å². The van der Waals surface area contributed by atoms with Gasteiger partial charge >= 0.3 is 0 Å². The molecule has 8 nitrogen and oxygen atoms in total. The summed E-state index contributed by atoms with van der Waals surface area (Å²) in [6.45, 7) is 1.01. The molecule has 5 rings (SSSR count). The number of nitrogens with zero attached hydrogens (tertiary/aromatic N) is 1. The zero-order valence-corrected chi connectivity index (χ0v) is 17.7. The summed E-state index contributed by atoms with van der Waals surface area (Å²) in [4.78, 5) is 18.7. The van der Waals surface area contributed by atoms with Gasteiger partial charge in [-0.2, -0.15) is 0 Å². The lowest BCUT2D eigenvalue weighted by molar-refractivity contribution is 0.103. The van der Waals surface area contributed by atoms with Crippen LogP contribution < -0.4 is 30.0 Å². The molecule has 0 saturated heterocycles. The molecule has 3 N–H and O–H groups in total. The lowest BCUT2D eigenvalue weighted by Gasteiger charge is -2.18. The Hall–Kier alpha value is -3.72. The number of nitrogen functional groups attached to an aromatic ring is 1. The number of fused-ring (bicyclic) bond motifs is 3. The average Bonchev–Trinajstić information content (AvgIpc) is 3.11. The number of benzene rings is 2. The molecule has 0 bridgehead atoms. The van der Waals surface area contributed by atoms with E-state index in [2.05, 4.69) is 5.32 Å². The number of nitrogens with two attached hydrogens (primary N) is 1. The van der Waals surface area contributed by atoms with Gasteiger partial charge in [-0.25, -0.2) is 4.98 Å². The van der Waals surface area contributed by atoms with Crippen LogP contribution in [0.4, 0.5) is 11.4 Å². The third-order valence-corrected chi connectivity index (χ3v) is 6.15. The molecule has 0 aliphatic carbocycles. The zero-order valence-electron chi connectivity index (χ0n) is 16.9. The van der Waals surface area contributed by atoms with Crippen molar-refractivity contribution >= 4 is 49.7 Å². The largest absolute Gasteiger partial charge is 0.497 e. The Bertz CT molecular complexity index is 1330. The lowest BCUT2D eigenvalue weighted by atomic mass is 10.1. The standard InChI is InChI=1S/C22H19N3O5S/c1-27-12-3-4-14(16(9-12)28-2)24-21(26)20-19(23)13-7-11-8-17-18(30-6-5-29-17)10-15(11)25-22(13)31-20/h3-4,7-10H,5-6,23H2,1-2H3,(H,24,26). The van der Waals surface area contributed by atoms with Crippen LogP contribution in [0.2, 0.25) is 0 Å². The van der Waals surface area contributed by atoms with E-state index in [1.807, 2.05) is 18.2 Å². The number of thiophene rings is 1. The molecule has 0 fully saturated rings. The number of amides is 1. The second kappa shape index (κ2) is 7.51. The number of nitrogens with one attached hydrogen (secondary N) is 1. The summed E-state index contributed by atoms with van der Waals surface area (Å²) in [5.41, 5.74) is 7.99. The monoisotopic (exact) mass is 437 g/mol. The quantitative estimate of drug-likeness (QED) is 0.496. The fraction of sp³-hybridized carbons (Fsp3) is 0.182. The first-order chi connectivity index (χ1) is 15.1. The van der Waals surface area contributed by atoms with E-state index in [0.717, 1.165) is 16.3 Å². The minimum Gasteiger partial charge on any atom is -0.497 e. The smallest absolute Gasteiger partial charge is 0.268 e. The summed E-state index contributed by atoms with van der Waals surface area (Å²) < 4.78 is 21.9. The number of methoxy groups -OCH3 is 2. The fourth-order valence-corrected chi connectivity index (χ4v) is 4.47. The van der Waals surface area contributed by atoms with Crippen LogP contribution in [-0.2, 0) is 0 Å². The van der Waals surface area contributed by atoms with Crippen molar-refractivity contribution in [3.63, 3.8) is 0 Å². The Morgan fingerprint density at radius 2 is 1.87 bits per heavy atom. The second-order valence-corrected chi connectivity index (χ2v) is 7.89. The van der Waals surface area contributed by atoms with Crippen LogP contribution in [0, 0.1) is 0 Å². The van der Waals surface area contributed by atoms with Crippen LogP contribution in [0.3, 0.4) is 0 Å². The number of hydrogen-bond donors (Lipinski definition) is 2. The van der Waals surface area contributed by atoms with Gasteiger partial charge in [-0.05, 0) is 24.3 Å². The van der Waals surface area contributed by atoms with Gasteiger partial charge in [0.2, 0.25) is 0 Å². The van der Waals surface area contributed by atoms with E-state index >= 15 is 0 Å². The molecule has 9 heteroatoms. The zero-order chi connectivity index (χ0) is 21.5. The van der Waals surface area contributed by atoms with Gasteiger partial charge in [0.15, 0.2) is 11.5 Å². The minimum atomic E-state index is -0.334. The van der Waals surface area contributed by atoms with Crippen molar-refractivity contribution in [1.82, 2.24) is 4.98 Å². The third-order valence-electron chi connectivity index (χ3n) is 5.04. The maximum Gasteiger partial charge on any atom is 0.268 e. The van der Waals surface area contributed by atoms with Gasteiger partial charge in [-0.15, -0.1) is 11.3 Å². The van der Waals surface area contributed by atoms with Crippen molar-refractivity contribution in [3.8, 4) is 23.0 Å². The minimum absolute atomic E-state index is 0.334. The first kappa shape index (κ1) is 19.3. The molecule has 0 spiro atoms. The molecule has 0 unspecified atom stereocenters. The predicted octanol–water partition coefficient (Wildman–Crippen LogP) is 4.07. The molecule has 1 aliphatic rings. The highest BCUT2D eigenvalue weighted by Gasteiger charge is 2.21. The van der Waals surface area contributed by atoms with Crippen LogP contribution in [-0.4, -0.2) is 38.3 Å². The summed E-state index contributed by atoms with van der Waals surface area (Å²) in [5, 5.41) is 4.45. The summed E-state index contributed by atoms with van der Waals surface area (Å²) in [7, 11) is 3.09. The highest BCUT2D eigenvalue weighted by atomic mass is 32.1. The number of carbonyl (C=O) groups is 1. The highest BCUT2D eigenvalue weighted by Crippen LogP contribution is 2.39. The molecule has 1 aliphatic heterocycles. The molecule has 0 atom stereocenters. The molecule has 3 heterocycles. The molecule has 158 valence electrons. The van der Waals surface area contributed by atoms with Crippen molar-refractivity contribution in [2.45, 2.75) is 0 Å². The molecule has 2 aromatic heterocycles. The van der Waals surface area contributed by atoms with E-state index in [4.69, 9.17) is 29.7 Å². The lowest BCUT2D eigenvalue weighted by Crippen LogP contribution is -2.15. The van der Waals surface area contributed by atoms with Gasteiger partial charge in [0.05, 0.1) is 31.1 Å². The molecule has 1 amide bonds. The molecule has 0 radical (unpaired) electrons. The van der Waals surface area contributed by atoms with Gasteiger partial charge in [0, 0.05) is 22.9 Å². The third kappa shape index (κ3) is 3.32. The molecular formula is C22H19N3O5S. The van der Waals surface area contributed by atoms with Crippen LogP contribution in [0.1, 0.15) is 9.67 Å². The number of pyridine rings is 1. The maximum absolute atomic E-state index is 13.0. The normalized spacial score (nSPS) is 12.7. The number of aromatic nitrogens is 1. The Morgan fingerprint density at radius 3 is 2.61 bits per heavy atom. The van der Waals surface area contributed by atoms with E-state index in [1.165, 1.54) is 18.4 Å². The topological polar surface area (TPSA) is 105 Å². The number of rotatable bonds is 4. The van der Waals surface area contributed by atoms with Gasteiger partial charge in [0.1, 0.15) is 34.4 Å². The van der Waals surface area contributed by atoms with Crippen molar-refractivity contribution in [3.05, 3.63) is 41.3 Å². The number of hydrogen-bond acceptors (Lipinski definition) is 8. The number of carbonyl (C=O) groups excluding carboxylic acids is 1.